The Morgan fingerprint density at radius 2 is 2.06 bits per heavy atom. The van der Waals surface area contributed by atoms with E-state index in [0.29, 0.717) is 4.90 Å². The monoisotopic (exact) mass is 251 g/mol. The molecule has 0 bridgehead atoms. The van der Waals surface area contributed by atoms with Crippen molar-refractivity contribution < 1.29 is 13.3 Å². The average molecular weight is 251 g/mol. The molecule has 18 heavy (non-hydrogen) atoms. The molecule has 0 aromatic heterocycles. The van der Waals surface area contributed by atoms with E-state index in [1.165, 1.54) is 0 Å². The highest BCUT2D eigenvalue weighted by Gasteiger charge is 2.19. The minimum absolute atomic E-state index is 0.108. The minimum atomic E-state index is -2.70. The highest BCUT2D eigenvalue weighted by atomic mass is 16.3. The Morgan fingerprint density at radius 1 is 1.28 bits per heavy atom. The van der Waals surface area contributed by atoms with E-state index < -0.39 is 14.0 Å². The molecule has 1 atom stereocenters. The van der Waals surface area contributed by atoms with Gasteiger partial charge in [0.05, 0.1) is 0 Å². The molecule has 1 aromatic rings. The molecule has 2 nitrogen and oxygen atoms in total. The molecule has 2 heteroatoms. The molecule has 0 spiro atoms. The van der Waals surface area contributed by atoms with Crippen LogP contribution in [-0.4, -0.2) is 30.5 Å². The third-order valence-corrected chi connectivity index (χ3v) is 3.43. The van der Waals surface area contributed by atoms with E-state index in [2.05, 4.69) is 6.08 Å². The molecule has 0 saturated carbocycles. The Hall–Kier alpha value is -1.28. The van der Waals surface area contributed by atoms with E-state index in [1.807, 2.05) is 0 Å². The summed E-state index contributed by atoms with van der Waals surface area (Å²) in [6.07, 6.45) is 5.96. The lowest BCUT2D eigenvalue weighted by atomic mass is 9.84. The summed E-state index contributed by atoms with van der Waals surface area (Å²) >= 11 is 0. The molecule has 1 aliphatic rings. The number of rotatable bonds is 4. The highest BCUT2D eigenvalue weighted by molar-refractivity contribution is 5.34. The fraction of sp³-hybridized carbons (Fsp3) is 0.500. The van der Waals surface area contributed by atoms with Gasteiger partial charge in [0.25, 0.3) is 0 Å². The molecule has 0 aliphatic heterocycles. The van der Waals surface area contributed by atoms with Crippen LogP contribution in [-0.2, 0) is 0 Å². The number of aromatic hydroxyl groups is 1. The number of hydrogen-bond donors (Lipinski definition) is 1. The van der Waals surface area contributed by atoms with Crippen LogP contribution in [0.2, 0.25) is 0 Å². The molecule has 0 heterocycles. The fourth-order valence-corrected chi connectivity index (χ4v) is 2.51. The van der Waals surface area contributed by atoms with Crippen LogP contribution in [0.5, 0.6) is 5.75 Å². The Morgan fingerprint density at radius 3 is 2.67 bits per heavy atom. The van der Waals surface area contributed by atoms with Crippen molar-refractivity contribution in [1.82, 2.24) is 4.90 Å². The van der Waals surface area contributed by atoms with Gasteiger partial charge in [-0.05, 0) is 57.3 Å². The average Bonchev–Trinajstić information content (AvgIpc) is 2.48. The van der Waals surface area contributed by atoms with Crippen LogP contribution in [0.1, 0.15) is 45.4 Å². The number of benzene rings is 1. The maximum atomic E-state index is 9.48. The Balaban J connectivity index is 2.38. The molecule has 0 saturated heterocycles. The second-order valence-electron chi connectivity index (χ2n) is 4.78. The number of phenolic OH excluding ortho intramolecular Hbond substituents is 1. The maximum absolute atomic E-state index is 9.48. The van der Waals surface area contributed by atoms with E-state index in [1.54, 1.807) is 24.3 Å². The van der Waals surface area contributed by atoms with Crippen molar-refractivity contribution in [3.8, 4) is 5.75 Å². The van der Waals surface area contributed by atoms with E-state index in [-0.39, 0.29) is 18.2 Å². The standard InChI is InChI=1S/C16H23NO/c1-17(2)12-16(13-6-4-3-5-7-13)14-8-10-15(18)11-9-14/h6,8-11,16,18H,3-5,7,12H2,1-2H3/i1D3,2D3. The zero-order valence-corrected chi connectivity index (χ0v) is 10.4. The third kappa shape index (κ3) is 3.36. The maximum Gasteiger partial charge on any atom is 0.115 e. The summed E-state index contributed by atoms with van der Waals surface area (Å²) in [5.41, 5.74) is 1.89. The number of nitrogens with zero attached hydrogens (tertiary/aromatic N) is 1. The van der Waals surface area contributed by atoms with Crippen molar-refractivity contribution >= 4 is 0 Å². The van der Waals surface area contributed by atoms with Gasteiger partial charge in [-0.25, -0.2) is 0 Å². The van der Waals surface area contributed by atoms with E-state index in [0.717, 1.165) is 36.8 Å². The Bertz CT molecular complexity index is 562. The molecular formula is C16H23NO. The normalized spacial score (nSPS) is 23.9. The topological polar surface area (TPSA) is 23.5 Å². The predicted molar refractivity (Wildman–Crippen MR) is 76.0 cm³/mol. The van der Waals surface area contributed by atoms with Gasteiger partial charge in [-0.3, -0.25) is 0 Å². The van der Waals surface area contributed by atoms with E-state index in [9.17, 15) is 5.11 Å². The van der Waals surface area contributed by atoms with Gasteiger partial charge < -0.3 is 10.0 Å². The first-order valence-electron chi connectivity index (χ1n) is 9.34. The van der Waals surface area contributed by atoms with Crippen LogP contribution in [0.4, 0.5) is 0 Å². The second-order valence-corrected chi connectivity index (χ2v) is 4.78. The largest absolute Gasteiger partial charge is 0.508 e. The minimum Gasteiger partial charge on any atom is -0.508 e. The van der Waals surface area contributed by atoms with E-state index in [4.69, 9.17) is 8.22 Å². The van der Waals surface area contributed by atoms with Crippen LogP contribution in [0, 0.1) is 0 Å². The second kappa shape index (κ2) is 6.05. The molecule has 1 unspecified atom stereocenters. The van der Waals surface area contributed by atoms with Crippen LogP contribution < -0.4 is 0 Å². The van der Waals surface area contributed by atoms with Crippen molar-refractivity contribution in [1.29, 1.82) is 0 Å². The van der Waals surface area contributed by atoms with Gasteiger partial charge in [0.15, 0.2) is 0 Å². The van der Waals surface area contributed by atoms with E-state index >= 15 is 0 Å². The first-order valence-corrected chi connectivity index (χ1v) is 6.34. The van der Waals surface area contributed by atoms with Crippen molar-refractivity contribution in [2.45, 2.75) is 31.6 Å². The van der Waals surface area contributed by atoms with Crippen molar-refractivity contribution in [2.24, 2.45) is 0 Å². The highest BCUT2D eigenvalue weighted by Crippen LogP contribution is 2.32. The van der Waals surface area contributed by atoms with Gasteiger partial charge in [-0.2, -0.15) is 0 Å². The summed E-state index contributed by atoms with van der Waals surface area (Å²) in [5, 5.41) is 9.48. The smallest absolute Gasteiger partial charge is 0.115 e. The third-order valence-electron chi connectivity index (χ3n) is 3.43. The lowest BCUT2D eigenvalue weighted by molar-refractivity contribution is 0.383. The van der Waals surface area contributed by atoms with Gasteiger partial charge >= 0.3 is 0 Å². The zero-order chi connectivity index (χ0) is 18.0. The van der Waals surface area contributed by atoms with Gasteiger partial charge in [-0.1, -0.05) is 23.8 Å². The van der Waals surface area contributed by atoms with Crippen LogP contribution in [0.25, 0.3) is 0 Å². The van der Waals surface area contributed by atoms with Crippen molar-refractivity contribution in [3.05, 3.63) is 41.5 Å². The van der Waals surface area contributed by atoms with Crippen molar-refractivity contribution in [2.75, 3.05) is 20.5 Å². The zero-order valence-electron chi connectivity index (χ0n) is 16.4. The van der Waals surface area contributed by atoms with Crippen LogP contribution in [0.15, 0.2) is 35.9 Å². The molecule has 0 amide bonds. The van der Waals surface area contributed by atoms with Crippen LogP contribution >= 0.6 is 0 Å². The van der Waals surface area contributed by atoms with Crippen molar-refractivity contribution in [3.63, 3.8) is 0 Å². The summed E-state index contributed by atoms with van der Waals surface area (Å²) in [7, 11) is 0. The Kier molecular flexibility index (Phi) is 2.47. The van der Waals surface area contributed by atoms with Gasteiger partial charge in [0, 0.05) is 20.7 Å². The van der Waals surface area contributed by atoms with Gasteiger partial charge in [0.2, 0.25) is 0 Å². The molecule has 0 fully saturated rings. The van der Waals surface area contributed by atoms with Gasteiger partial charge in [-0.15, -0.1) is 0 Å². The molecule has 98 valence electrons. The predicted octanol–water partition coefficient (Wildman–Crippen LogP) is 3.54. The first kappa shape index (κ1) is 7.34. The lowest BCUT2D eigenvalue weighted by Crippen LogP contribution is -2.22. The van der Waals surface area contributed by atoms with Gasteiger partial charge in [0.1, 0.15) is 5.75 Å². The molecule has 2 rings (SSSR count). The molecule has 1 aromatic carbocycles. The number of phenols is 1. The Labute approximate surface area is 118 Å². The summed E-state index contributed by atoms with van der Waals surface area (Å²) < 4.78 is 45.5. The summed E-state index contributed by atoms with van der Waals surface area (Å²) in [5.74, 6) is -0.189. The summed E-state index contributed by atoms with van der Waals surface area (Å²) in [6, 6.07) is 6.54. The number of likely N-dealkylation sites (N-methyl/N-ethyl adjacent to an activating group) is 1. The first-order chi connectivity index (χ1) is 11.1. The number of allylic oxidation sites excluding steroid dienone is 1. The molecule has 1 N–H and O–H groups in total. The SMILES string of the molecule is [2H]C([2H])([2H])N(CC(C1=CCCCC1)c1ccc(O)cc1)C([2H])([2H])[2H]. The molecule has 1 aliphatic carbocycles. The lowest BCUT2D eigenvalue weighted by Gasteiger charge is -2.26. The summed E-state index contributed by atoms with van der Waals surface area (Å²) in [4.78, 5) is 0.618. The number of hydrogen-bond acceptors (Lipinski definition) is 2. The summed E-state index contributed by atoms with van der Waals surface area (Å²) in [6.45, 7) is -5.51. The molecule has 0 radical (unpaired) electrons. The molecular weight excluding hydrogens is 222 g/mol. The van der Waals surface area contributed by atoms with Crippen LogP contribution in [0.3, 0.4) is 0 Å². The quantitative estimate of drug-likeness (QED) is 0.827. The fourth-order valence-electron chi connectivity index (χ4n) is 2.51.